The summed E-state index contributed by atoms with van der Waals surface area (Å²) in [6, 6.07) is 2.31. The summed E-state index contributed by atoms with van der Waals surface area (Å²) in [7, 11) is -0.791. The molecule has 5 nitrogen and oxygen atoms in total. The number of carboxylic acids is 2. The molecule has 1 aliphatic rings. The van der Waals surface area contributed by atoms with Crippen molar-refractivity contribution in [2.45, 2.75) is 63.8 Å². The molecule has 0 aromatic heterocycles. The topological polar surface area (TPSA) is 86.6 Å². The molecule has 0 unspecified atom stereocenters. The highest BCUT2D eigenvalue weighted by Gasteiger charge is 2.13. The zero-order valence-electron chi connectivity index (χ0n) is 15.2. The number of hydrogen-bond acceptors (Lipinski definition) is 4. The number of nitrogens with one attached hydrogen (secondary N) is 1. The molecule has 140 valence electrons. The maximum atomic E-state index is 9.55. The summed E-state index contributed by atoms with van der Waals surface area (Å²) in [4.78, 5) is 19.1. The Kier molecular flexibility index (Phi) is 13.0. The number of hydrogen-bond donors (Lipinski definition) is 3. The van der Waals surface area contributed by atoms with Gasteiger partial charge in [-0.15, -0.1) is 0 Å². The maximum Gasteiger partial charge on any atom is 0.328 e. The molecule has 0 aliphatic heterocycles. The first-order chi connectivity index (χ1) is 11.2. The van der Waals surface area contributed by atoms with Crippen LogP contribution in [0.4, 0.5) is 0 Å². The molecule has 0 aromatic rings. The van der Waals surface area contributed by atoms with E-state index in [0.29, 0.717) is 12.2 Å². The van der Waals surface area contributed by atoms with Gasteiger partial charge in [0.15, 0.2) is 0 Å². The lowest BCUT2D eigenvalue weighted by Gasteiger charge is -2.22. The van der Waals surface area contributed by atoms with Gasteiger partial charge < -0.3 is 15.5 Å². The van der Waals surface area contributed by atoms with Crippen molar-refractivity contribution < 1.29 is 19.8 Å². The van der Waals surface area contributed by atoms with E-state index in [-0.39, 0.29) is 0 Å². The second-order valence-electron chi connectivity index (χ2n) is 7.22. The summed E-state index contributed by atoms with van der Waals surface area (Å²) < 4.78 is 0. The van der Waals surface area contributed by atoms with E-state index in [1.165, 1.54) is 56.2 Å². The van der Waals surface area contributed by atoms with Crippen molar-refractivity contribution in [3.63, 3.8) is 0 Å². The Labute approximate surface area is 151 Å². The summed E-state index contributed by atoms with van der Waals surface area (Å²) in [6.45, 7) is 8.62. The van der Waals surface area contributed by atoms with E-state index in [2.05, 4.69) is 36.7 Å². The number of carbonyl (C=O) groups is 2. The highest BCUT2D eigenvalue weighted by Crippen LogP contribution is 2.17. The van der Waals surface area contributed by atoms with Crippen molar-refractivity contribution >= 4 is 31.8 Å². The third kappa shape index (κ3) is 17.6. The Bertz CT molecular complexity index is 375. The second-order valence-corrected chi connectivity index (χ2v) is 14.1. The van der Waals surface area contributed by atoms with E-state index in [9.17, 15) is 9.59 Å². The van der Waals surface area contributed by atoms with Crippen LogP contribution in [0.5, 0.6) is 0 Å². The maximum absolute atomic E-state index is 9.55. The van der Waals surface area contributed by atoms with E-state index in [0.717, 1.165) is 6.04 Å². The zero-order chi connectivity index (χ0) is 18.4. The summed E-state index contributed by atoms with van der Waals surface area (Å²) in [5.41, 5.74) is 0. The van der Waals surface area contributed by atoms with Gasteiger partial charge in [0.05, 0.1) is 0 Å². The van der Waals surface area contributed by atoms with Crippen LogP contribution in [-0.2, 0) is 9.59 Å². The minimum Gasteiger partial charge on any atom is -0.478 e. The van der Waals surface area contributed by atoms with Crippen LogP contribution in [0.15, 0.2) is 12.2 Å². The van der Waals surface area contributed by atoms with Crippen molar-refractivity contribution in [1.82, 2.24) is 5.32 Å². The Hall–Kier alpha value is -0.793. The lowest BCUT2D eigenvalue weighted by atomic mass is 9.96. The van der Waals surface area contributed by atoms with Gasteiger partial charge in [0.25, 0.3) is 0 Å². The molecule has 7 heteroatoms. The minimum atomic E-state index is -1.26. The first-order valence-electron chi connectivity index (χ1n) is 8.66. The molecule has 0 bridgehead atoms. The van der Waals surface area contributed by atoms with Crippen LogP contribution in [0.25, 0.3) is 0 Å². The van der Waals surface area contributed by atoms with Crippen molar-refractivity contribution in [2.75, 3.05) is 18.1 Å². The van der Waals surface area contributed by atoms with Gasteiger partial charge in [-0.2, -0.15) is 11.8 Å². The fraction of sp³-hybridized carbons (Fsp3) is 0.765. The molecule has 0 saturated heterocycles. The largest absolute Gasteiger partial charge is 0.478 e. The van der Waals surface area contributed by atoms with Crippen LogP contribution in [0, 0.1) is 0 Å². The average Bonchev–Trinajstić information content (AvgIpc) is 2.49. The number of thioether (sulfide) groups is 1. The van der Waals surface area contributed by atoms with E-state index in [1.54, 1.807) is 0 Å². The standard InChI is InChI=1S/C13H29NSSi.C4H4O4/c1-16(2,3)12-11-15-10-9-14-13-7-5-4-6-8-13;5-3(6)1-2-4(7)8/h13-14H,4-12H2,1-3H3;1-2H,(H,5,6)(H,7,8). The Morgan fingerprint density at radius 2 is 1.58 bits per heavy atom. The average molecular weight is 376 g/mol. The van der Waals surface area contributed by atoms with Gasteiger partial charge in [-0.05, 0) is 24.6 Å². The van der Waals surface area contributed by atoms with Gasteiger partial charge in [0.1, 0.15) is 0 Å². The summed E-state index contributed by atoms with van der Waals surface area (Å²) in [6.07, 6.45) is 8.30. The van der Waals surface area contributed by atoms with Gasteiger partial charge >= 0.3 is 11.9 Å². The molecular formula is C17H33NO4SSi. The third-order valence-corrected chi connectivity index (χ3v) is 6.75. The van der Waals surface area contributed by atoms with E-state index < -0.39 is 20.0 Å². The molecule has 0 heterocycles. The molecule has 0 spiro atoms. The van der Waals surface area contributed by atoms with Crippen molar-refractivity contribution in [3.05, 3.63) is 12.2 Å². The number of aliphatic carboxylic acids is 2. The molecule has 0 radical (unpaired) electrons. The Morgan fingerprint density at radius 3 is 2.04 bits per heavy atom. The summed E-state index contributed by atoms with van der Waals surface area (Å²) >= 11 is 2.14. The van der Waals surface area contributed by atoms with Crippen molar-refractivity contribution in [3.8, 4) is 0 Å². The zero-order valence-corrected chi connectivity index (χ0v) is 17.0. The molecule has 3 N–H and O–H groups in total. The minimum absolute atomic E-state index is 0.558. The van der Waals surface area contributed by atoms with Crippen LogP contribution >= 0.6 is 11.8 Å². The highest BCUT2D eigenvalue weighted by molar-refractivity contribution is 7.99. The van der Waals surface area contributed by atoms with E-state index in [4.69, 9.17) is 10.2 Å². The van der Waals surface area contributed by atoms with E-state index in [1.807, 2.05) is 0 Å². The molecule has 1 saturated carbocycles. The van der Waals surface area contributed by atoms with Crippen LogP contribution in [0.2, 0.25) is 25.7 Å². The Balaban J connectivity index is 0.000000561. The van der Waals surface area contributed by atoms with Crippen LogP contribution < -0.4 is 5.32 Å². The lowest BCUT2D eigenvalue weighted by Crippen LogP contribution is -2.32. The predicted octanol–water partition coefficient (Wildman–Crippen LogP) is 3.69. The predicted molar refractivity (Wildman–Crippen MR) is 105 cm³/mol. The fourth-order valence-electron chi connectivity index (χ4n) is 2.26. The number of carboxylic acid groups (broad SMARTS) is 2. The molecule has 1 fully saturated rings. The first-order valence-corrected chi connectivity index (χ1v) is 13.5. The number of rotatable bonds is 9. The second kappa shape index (κ2) is 13.5. The third-order valence-electron chi connectivity index (χ3n) is 3.65. The molecule has 0 atom stereocenters. The SMILES string of the molecule is C[Si](C)(C)CCSCCNC1CCCCC1.O=C(O)C=CC(=O)O. The molecule has 24 heavy (non-hydrogen) atoms. The lowest BCUT2D eigenvalue weighted by molar-refractivity contribution is -0.134. The van der Waals surface area contributed by atoms with Gasteiger partial charge in [-0.1, -0.05) is 38.9 Å². The van der Waals surface area contributed by atoms with Crippen LogP contribution in [0.1, 0.15) is 32.1 Å². The van der Waals surface area contributed by atoms with Crippen molar-refractivity contribution in [2.24, 2.45) is 0 Å². The molecule has 0 aromatic carbocycles. The van der Waals surface area contributed by atoms with Gasteiger partial charge in [-0.25, -0.2) is 9.59 Å². The quantitative estimate of drug-likeness (QED) is 0.324. The molecular weight excluding hydrogens is 342 g/mol. The fourth-order valence-corrected chi connectivity index (χ4v) is 5.76. The van der Waals surface area contributed by atoms with Crippen LogP contribution in [0.3, 0.4) is 0 Å². The first kappa shape index (κ1) is 23.2. The molecule has 0 amide bonds. The smallest absolute Gasteiger partial charge is 0.328 e. The Morgan fingerprint density at radius 1 is 1.04 bits per heavy atom. The normalized spacial score (nSPS) is 15.8. The molecule has 1 rings (SSSR count). The van der Waals surface area contributed by atoms with Crippen LogP contribution in [-0.4, -0.2) is 54.3 Å². The molecule has 1 aliphatic carbocycles. The van der Waals surface area contributed by atoms with E-state index >= 15 is 0 Å². The highest BCUT2D eigenvalue weighted by atomic mass is 32.2. The summed E-state index contributed by atoms with van der Waals surface area (Å²) in [5.74, 6) is 0.170. The summed E-state index contributed by atoms with van der Waals surface area (Å²) in [5, 5.41) is 19.3. The van der Waals surface area contributed by atoms with Gasteiger partial charge in [-0.3, -0.25) is 0 Å². The van der Waals surface area contributed by atoms with Gasteiger partial charge in [0.2, 0.25) is 0 Å². The monoisotopic (exact) mass is 375 g/mol. The van der Waals surface area contributed by atoms with Crippen molar-refractivity contribution in [1.29, 1.82) is 0 Å². The van der Waals surface area contributed by atoms with Gasteiger partial charge in [0, 0.05) is 38.6 Å².